The second kappa shape index (κ2) is 9.45. The summed E-state index contributed by atoms with van der Waals surface area (Å²) in [5.74, 6) is 0.314. The van der Waals surface area contributed by atoms with Crippen molar-refractivity contribution in [2.75, 3.05) is 12.4 Å². The van der Waals surface area contributed by atoms with Crippen molar-refractivity contribution in [1.29, 1.82) is 0 Å². The molecule has 0 aromatic heterocycles. The lowest BCUT2D eigenvalue weighted by Crippen LogP contribution is -2.25. The maximum atomic E-state index is 11.2. The maximum absolute atomic E-state index is 11.2. The minimum absolute atomic E-state index is 0.0369. The molecule has 2 rings (SSSR count). The number of allylic oxidation sites excluding steroid dienone is 6. The molecule has 2 atom stereocenters. The van der Waals surface area contributed by atoms with E-state index >= 15 is 0 Å². The van der Waals surface area contributed by atoms with Crippen LogP contribution in [-0.2, 0) is 13.8 Å². The Morgan fingerprint density at radius 2 is 1.78 bits per heavy atom. The molecule has 1 fully saturated rings. The van der Waals surface area contributed by atoms with Crippen molar-refractivity contribution in [3.8, 4) is 0 Å². The Morgan fingerprint density at radius 1 is 1.04 bits per heavy atom. The second-order valence-electron chi connectivity index (χ2n) is 6.15. The Bertz CT molecular complexity index is 587. The van der Waals surface area contributed by atoms with Crippen LogP contribution in [0.3, 0.4) is 0 Å². The van der Waals surface area contributed by atoms with Crippen LogP contribution in [0.2, 0.25) is 0 Å². The summed E-state index contributed by atoms with van der Waals surface area (Å²) in [5, 5.41) is 0. The molecule has 0 bridgehead atoms. The smallest absolute Gasteiger partial charge is 0.232 e. The van der Waals surface area contributed by atoms with Crippen LogP contribution in [0, 0.1) is 5.92 Å². The third-order valence-corrected chi connectivity index (χ3v) is 5.54. The minimum atomic E-state index is -3.43. The lowest BCUT2D eigenvalue weighted by molar-refractivity contribution is 0.0208. The van der Waals surface area contributed by atoms with Crippen molar-refractivity contribution >= 4 is 19.7 Å². The van der Waals surface area contributed by atoms with Gasteiger partial charge >= 0.3 is 0 Å². The van der Waals surface area contributed by atoms with Gasteiger partial charge < -0.3 is 4.74 Å². The van der Waals surface area contributed by atoms with Gasteiger partial charge in [0.05, 0.1) is 18.5 Å². The van der Waals surface area contributed by atoms with Gasteiger partial charge in [-0.05, 0) is 30.8 Å². The topological polar surface area (TPSA) is 43.4 Å². The van der Waals surface area contributed by atoms with Gasteiger partial charge in [0, 0.05) is 10.7 Å². The number of hydrogen-bond donors (Lipinski definition) is 0. The highest BCUT2D eigenvalue weighted by Crippen LogP contribution is 2.29. The summed E-state index contributed by atoms with van der Waals surface area (Å²) < 4.78 is 28.6. The van der Waals surface area contributed by atoms with Gasteiger partial charge in [-0.2, -0.15) is 0 Å². The highest BCUT2D eigenvalue weighted by Gasteiger charge is 2.25. The van der Waals surface area contributed by atoms with E-state index in [2.05, 4.69) is 12.2 Å². The molecule has 5 heteroatoms. The third-order valence-electron chi connectivity index (χ3n) is 4.35. The van der Waals surface area contributed by atoms with Crippen LogP contribution in [0.1, 0.15) is 38.5 Å². The number of halogens is 1. The van der Waals surface area contributed by atoms with Crippen molar-refractivity contribution in [2.24, 2.45) is 5.92 Å². The molecule has 0 saturated heterocycles. The van der Waals surface area contributed by atoms with Crippen LogP contribution < -0.4 is 0 Å². The number of hydrogen-bond acceptors (Lipinski definition) is 3. The zero-order valence-corrected chi connectivity index (χ0v) is 14.9. The van der Waals surface area contributed by atoms with Gasteiger partial charge in [-0.3, -0.25) is 0 Å². The van der Waals surface area contributed by atoms with Crippen LogP contribution in [0.4, 0.5) is 0 Å². The second-order valence-corrected chi connectivity index (χ2v) is 9.05. The highest BCUT2D eigenvalue weighted by atomic mass is 35.7. The predicted molar refractivity (Wildman–Crippen MR) is 96.1 cm³/mol. The van der Waals surface area contributed by atoms with Crippen LogP contribution in [0.15, 0.2) is 48.1 Å². The molecule has 1 saturated carbocycles. The molecule has 2 unspecified atom stereocenters. The van der Waals surface area contributed by atoms with E-state index in [0.29, 0.717) is 13.0 Å². The summed E-state index contributed by atoms with van der Waals surface area (Å²) >= 11 is 0. The molecule has 0 spiro atoms. The summed E-state index contributed by atoms with van der Waals surface area (Å²) in [6, 6.07) is 0. The van der Waals surface area contributed by atoms with E-state index in [0.717, 1.165) is 31.3 Å². The quantitative estimate of drug-likeness (QED) is 0.519. The van der Waals surface area contributed by atoms with Crippen molar-refractivity contribution in [3.05, 3.63) is 48.1 Å². The molecule has 0 radical (unpaired) electrons. The minimum Gasteiger partial charge on any atom is -0.373 e. The Kier molecular flexibility index (Phi) is 7.60. The first kappa shape index (κ1) is 18.5. The average molecular weight is 357 g/mol. The first-order valence-corrected chi connectivity index (χ1v) is 10.8. The van der Waals surface area contributed by atoms with E-state index in [1.54, 1.807) is 0 Å². The van der Waals surface area contributed by atoms with Gasteiger partial charge in [-0.25, -0.2) is 8.42 Å². The summed E-state index contributed by atoms with van der Waals surface area (Å²) in [4.78, 5) is 0. The van der Waals surface area contributed by atoms with Gasteiger partial charge in [0.25, 0.3) is 0 Å². The van der Waals surface area contributed by atoms with E-state index in [1.807, 2.05) is 30.4 Å². The van der Waals surface area contributed by atoms with E-state index in [1.165, 1.54) is 6.42 Å². The predicted octanol–water partition coefficient (Wildman–Crippen LogP) is 4.52. The van der Waals surface area contributed by atoms with E-state index < -0.39 is 9.05 Å². The molecule has 0 aromatic carbocycles. The van der Waals surface area contributed by atoms with Gasteiger partial charge in [0.2, 0.25) is 9.05 Å². The molecule has 0 amide bonds. The maximum Gasteiger partial charge on any atom is 0.232 e. The molecular formula is C18H25ClO3S. The van der Waals surface area contributed by atoms with Crippen LogP contribution in [0.5, 0.6) is 0 Å². The standard InChI is InChI=1S/C18H25ClO3S/c19-23(20,21)14-13-17-11-7-4-8-12-18(17)22-15-16-9-5-2-1-3-6-10-16/h1-3,5-6,9-10,17-18H,4,7-8,11-15H2/b2-1-,3-1?,5-2?,6-3-,9-5-,10-6?,16-9?,16-10+. The van der Waals surface area contributed by atoms with Crippen molar-refractivity contribution in [1.82, 2.24) is 0 Å². The molecule has 0 aromatic rings. The molecule has 2 aliphatic rings. The zero-order valence-electron chi connectivity index (χ0n) is 13.4. The lowest BCUT2D eigenvalue weighted by Gasteiger charge is -2.25. The lowest BCUT2D eigenvalue weighted by atomic mass is 9.94. The van der Waals surface area contributed by atoms with E-state index in [4.69, 9.17) is 15.4 Å². The Hall–Kier alpha value is -0.840. The largest absolute Gasteiger partial charge is 0.373 e. The summed E-state index contributed by atoms with van der Waals surface area (Å²) in [6.45, 7) is 0.559. The van der Waals surface area contributed by atoms with Crippen molar-refractivity contribution in [2.45, 2.75) is 44.6 Å². The van der Waals surface area contributed by atoms with E-state index in [9.17, 15) is 8.42 Å². The fraction of sp³-hybridized carbons (Fsp3) is 0.556. The fourth-order valence-corrected chi connectivity index (χ4v) is 3.95. The van der Waals surface area contributed by atoms with E-state index in [-0.39, 0.29) is 17.8 Å². The van der Waals surface area contributed by atoms with Crippen LogP contribution in [0.25, 0.3) is 0 Å². The molecule has 23 heavy (non-hydrogen) atoms. The first-order valence-electron chi connectivity index (χ1n) is 8.29. The SMILES string of the molecule is O=S(=O)(Cl)CCC1CCCCCC1OCC1=C/C=C\C=C/C=C\1. The Morgan fingerprint density at radius 3 is 2.61 bits per heavy atom. The third kappa shape index (κ3) is 7.51. The molecule has 0 N–H and O–H groups in total. The highest BCUT2D eigenvalue weighted by molar-refractivity contribution is 8.13. The molecule has 2 aliphatic carbocycles. The first-order chi connectivity index (χ1) is 11.0. The Labute approximate surface area is 144 Å². The fourth-order valence-electron chi connectivity index (χ4n) is 3.10. The van der Waals surface area contributed by atoms with Gasteiger partial charge in [-0.15, -0.1) is 0 Å². The molecular weight excluding hydrogens is 332 g/mol. The van der Waals surface area contributed by atoms with Crippen LogP contribution >= 0.6 is 10.7 Å². The molecule has 0 heterocycles. The van der Waals surface area contributed by atoms with Crippen molar-refractivity contribution < 1.29 is 13.2 Å². The van der Waals surface area contributed by atoms with Crippen molar-refractivity contribution in [3.63, 3.8) is 0 Å². The molecule has 0 aliphatic heterocycles. The summed E-state index contributed by atoms with van der Waals surface area (Å²) in [7, 11) is 1.95. The normalized spacial score (nSPS) is 32.0. The number of ether oxygens (including phenoxy) is 1. The Balaban J connectivity index is 1.93. The monoisotopic (exact) mass is 356 g/mol. The van der Waals surface area contributed by atoms with Gasteiger partial charge in [0.1, 0.15) is 0 Å². The molecule has 128 valence electrons. The van der Waals surface area contributed by atoms with Gasteiger partial charge in [0.15, 0.2) is 0 Å². The van der Waals surface area contributed by atoms with Gasteiger partial charge in [-0.1, -0.05) is 61.8 Å². The average Bonchev–Trinajstić information content (AvgIpc) is 2.68. The summed E-state index contributed by atoms with van der Waals surface area (Å²) in [6.07, 6.45) is 20.3. The zero-order chi connectivity index (χ0) is 16.5. The number of rotatable bonds is 6. The molecule has 3 nitrogen and oxygen atoms in total. The van der Waals surface area contributed by atoms with Crippen LogP contribution in [-0.4, -0.2) is 26.9 Å². The summed E-state index contributed by atoms with van der Waals surface area (Å²) in [5.41, 5.74) is 1.12.